The molecule has 3 aromatic rings. The Hall–Kier alpha value is -2.01. The third kappa shape index (κ3) is 3.03. The van der Waals surface area contributed by atoms with E-state index in [4.69, 9.17) is 0 Å². The topological polar surface area (TPSA) is 12.0 Å². The van der Waals surface area contributed by atoms with Crippen molar-refractivity contribution < 1.29 is 13.2 Å². The predicted molar refractivity (Wildman–Crippen MR) is 80.6 cm³/mol. The van der Waals surface area contributed by atoms with Crippen molar-refractivity contribution in [2.75, 3.05) is 5.32 Å². The zero-order valence-corrected chi connectivity index (χ0v) is 11.8. The summed E-state index contributed by atoms with van der Waals surface area (Å²) < 4.78 is 39.2. The number of alkyl halides is 3. The number of hydrogen-bond acceptors (Lipinski definition) is 2. The molecule has 108 valence electrons. The van der Waals surface area contributed by atoms with Gasteiger partial charge in [0.2, 0.25) is 0 Å². The third-order valence-corrected chi connectivity index (χ3v) is 4.25. The molecule has 0 bridgehead atoms. The summed E-state index contributed by atoms with van der Waals surface area (Å²) in [7, 11) is 0. The maximum atomic E-state index is 12.7. The van der Waals surface area contributed by atoms with Crippen molar-refractivity contribution in [1.29, 1.82) is 0 Å². The fourth-order valence-corrected chi connectivity index (χ4v) is 3.14. The molecule has 21 heavy (non-hydrogen) atoms. The molecule has 1 nitrogen and oxygen atoms in total. The van der Waals surface area contributed by atoms with E-state index in [1.807, 2.05) is 29.6 Å². The molecule has 1 heterocycles. The quantitative estimate of drug-likeness (QED) is 0.670. The van der Waals surface area contributed by atoms with Crippen molar-refractivity contribution in [3.63, 3.8) is 0 Å². The Bertz CT molecular complexity index is 761. The van der Waals surface area contributed by atoms with Crippen LogP contribution in [-0.2, 0) is 12.7 Å². The van der Waals surface area contributed by atoms with E-state index in [0.29, 0.717) is 12.2 Å². The first-order valence-corrected chi connectivity index (χ1v) is 7.28. The van der Waals surface area contributed by atoms with Gasteiger partial charge in [0.05, 0.1) is 5.56 Å². The van der Waals surface area contributed by atoms with Gasteiger partial charge in [0, 0.05) is 16.9 Å². The average molecular weight is 307 g/mol. The fourth-order valence-electron chi connectivity index (χ4n) is 2.17. The Morgan fingerprint density at radius 1 is 1.00 bits per heavy atom. The van der Waals surface area contributed by atoms with Crippen LogP contribution in [0.25, 0.3) is 10.1 Å². The third-order valence-electron chi connectivity index (χ3n) is 3.23. The van der Waals surface area contributed by atoms with E-state index in [1.165, 1.54) is 10.8 Å². The SMILES string of the molecule is FC(F)(F)c1cccc(NCc2csc3ccccc23)c1. The van der Waals surface area contributed by atoms with Crippen molar-refractivity contribution in [2.45, 2.75) is 12.7 Å². The Kier molecular flexibility index (Phi) is 3.59. The van der Waals surface area contributed by atoms with Crippen LogP contribution in [0.2, 0.25) is 0 Å². The summed E-state index contributed by atoms with van der Waals surface area (Å²) in [6.45, 7) is 0.505. The number of halogens is 3. The molecule has 0 atom stereocenters. The molecular weight excluding hydrogens is 295 g/mol. The van der Waals surface area contributed by atoms with Crippen LogP contribution in [0.3, 0.4) is 0 Å². The highest BCUT2D eigenvalue weighted by Crippen LogP contribution is 2.31. The second-order valence-corrected chi connectivity index (χ2v) is 5.60. The maximum Gasteiger partial charge on any atom is 0.416 e. The van der Waals surface area contributed by atoms with Crippen molar-refractivity contribution in [3.05, 3.63) is 65.0 Å². The van der Waals surface area contributed by atoms with Crippen molar-refractivity contribution in [1.82, 2.24) is 0 Å². The summed E-state index contributed by atoms with van der Waals surface area (Å²) in [5.74, 6) is 0. The van der Waals surface area contributed by atoms with E-state index in [1.54, 1.807) is 17.4 Å². The van der Waals surface area contributed by atoms with Gasteiger partial charge in [0.1, 0.15) is 0 Å². The van der Waals surface area contributed by atoms with Crippen LogP contribution in [0.15, 0.2) is 53.9 Å². The summed E-state index contributed by atoms with van der Waals surface area (Å²) in [4.78, 5) is 0. The summed E-state index contributed by atoms with van der Waals surface area (Å²) in [5, 5.41) is 6.23. The predicted octanol–water partition coefficient (Wildman–Crippen LogP) is 5.53. The fraction of sp³-hybridized carbons (Fsp3) is 0.125. The second-order valence-electron chi connectivity index (χ2n) is 4.69. The first-order chi connectivity index (χ1) is 10.0. The Morgan fingerprint density at radius 2 is 1.81 bits per heavy atom. The molecule has 0 saturated heterocycles. The molecule has 0 aliphatic carbocycles. The van der Waals surface area contributed by atoms with Gasteiger partial charge in [-0.2, -0.15) is 13.2 Å². The van der Waals surface area contributed by atoms with Gasteiger partial charge < -0.3 is 5.32 Å². The number of nitrogens with one attached hydrogen (secondary N) is 1. The average Bonchev–Trinajstić information content (AvgIpc) is 2.88. The van der Waals surface area contributed by atoms with Gasteiger partial charge in [-0.3, -0.25) is 0 Å². The molecule has 0 radical (unpaired) electrons. The summed E-state index contributed by atoms with van der Waals surface area (Å²) in [5.41, 5.74) is 0.927. The first kappa shape index (κ1) is 13.9. The van der Waals surface area contributed by atoms with E-state index in [0.717, 1.165) is 23.1 Å². The van der Waals surface area contributed by atoms with Gasteiger partial charge in [0.25, 0.3) is 0 Å². The second kappa shape index (κ2) is 5.41. The van der Waals surface area contributed by atoms with E-state index < -0.39 is 11.7 Å². The zero-order valence-electron chi connectivity index (χ0n) is 10.9. The van der Waals surface area contributed by atoms with E-state index >= 15 is 0 Å². The molecule has 0 fully saturated rings. The Balaban J connectivity index is 1.79. The maximum absolute atomic E-state index is 12.7. The van der Waals surface area contributed by atoms with Crippen LogP contribution in [-0.4, -0.2) is 0 Å². The molecule has 0 aliphatic rings. The molecule has 0 unspecified atom stereocenters. The number of thiophene rings is 1. The smallest absolute Gasteiger partial charge is 0.381 e. The van der Waals surface area contributed by atoms with Crippen LogP contribution in [0.5, 0.6) is 0 Å². The van der Waals surface area contributed by atoms with Gasteiger partial charge in [-0.25, -0.2) is 0 Å². The van der Waals surface area contributed by atoms with Gasteiger partial charge in [-0.1, -0.05) is 24.3 Å². The Morgan fingerprint density at radius 3 is 2.62 bits per heavy atom. The molecule has 0 saturated carbocycles. The number of rotatable bonds is 3. The van der Waals surface area contributed by atoms with E-state index in [2.05, 4.69) is 5.32 Å². The van der Waals surface area contributed by atoms with Crippen molar-refractivity contribution >= 4 is 27.1 Å². The lowest BCUT2D eigenvalue weighted by molar-refractivity contribution is -0.137. The largest absolute Gasteiger partial charge is 0.416 e. The summed E-state index contributed by atoms with van der Waals surface area (Å²) in [6.07, 6.45) is -4.31. The van der Waals surface area contributed by atoms with Crippen molar-refractivity contribution in [3.8, 4) is 0 Å². The number of benzene rings is 2. The molecule has 5 heteroatoms. The minimum atomic E-state index is -4.31. The molecule has 2 aromatic carbocycles. The van der Waals surface area contributed by atoms with E-state index in [-0.39, 0.29) is 0 Å². The lowest BCUT2D eigenvalue weighted by Gasteiger charge is -2.10. The van der Waals surface area contributed by atoms with Crippen LogP contribution < -0.4 is 5.32 Å². The normalized spacial score (nSPS) is 11.8. The highest BCUT2D eigenvalue weighted by atomic mass is 32.1. The highest BCUT2D eigenvalue weighted by molar-refractivity contribution is 7.17. The molecule has 3 rings (SSSR count). The zero-order chi connectivity index (χ0) is 14.9. The molecule has 0 spiro atoms. The van der Waals surface area contributed by atoms with E-state index in [9.17, 15) is 13.2 Å². The van der Waals surface area contributed by atoms with Gasteiger partial charge in [0.15, 0.2) is 0 Å². The molecule has 0 aliphatic heterocycles. The number of anilines is 1. The van der Waals surface area contributed by atoms with Crippen LogP contribution >= 0.6 is 11.3 Å². The molecule has 1 N–H and O–H groups in total. The highest BCUT2D eigenvalue weighted by Gasteiger charge is 2.30. The molecule has 1 aromatic heterocycles. The molecule has 0 amide bonds. The van der Waals surface area contributed by atoms with Crippen LogP contribution in [0.1, 0.15) is 11.1 Å². The standard InChI is InChI=1S/C16H12F3NS/c17-16(18,19)12-4-3-5-13(8-12)20-9-11-10-21-15-7-2-1-6-14(11)15/h1-8,10,20H,9H2. The van der Waals surface area contributed by atoms with Crippen LogP contribution in [0, 0.1) is 0 Å². The van der Waals surface area contributed by atoms with Gasteiger partial charge in [-0.05, 0) is 40.6 Å². The number of fused-ring (bicyclic) bond motifs is 1. The van der Waals surface area contributed by atoms with Gasteiger partial charge in [-0.15, -0.1) is 11.3 Å². The monoisotopic (exact) mass is 307 g/mol. The first-order valence-electron chi connectivity index (χ1n) is 6.40. The summed E-state index contributed by atoms with van der Waals surface area (Å²) in [6, 6.07) is 13.3. The minimum Gasteiger partial charge on any atom is -0.381 e. The lowest BCUT2D eigenvalue weighted by atomic mass is 10.1. The summed E-state index contributed by atoms with van der Waals surface area (Å²) >= 11 is 1.64. The lowest BCUT2D eigenvalue weighted by Crippen LogP contribution is -2.06. The van der Waals surface area contributed by atoms with Crippen molar-refractivity contribution in [2.24, 2.45) is 0 Å². The molecular formula is C16H12F3NS. The van der Waals surface area contributed by atoms with Gasteiger partial charge >= 0.3 is 6.18 Å². The van der Waals surface area contributed by atoms with Crippen LogP contribution in [0.4, 0.5) is 18.9 Å². The Labute approximate surface area is 124 Å². The number of hydrogen-bond donors (Lipinski definition) is 1. The minimum absolute atomic E-state index is 0.472.